The summed E-state index contributed by atoms with van der Waals surface area (Å²) in [5.41, 5.74) is 3.12. The van der Waals surface area contributed by atoms with Gasteiger partial charge in [0.25, 0.3) is 0 Å². The molecule has 1 N–H and O–H groups in total. The van der Waals surface area contributed by atoms with Crippen LogP contribution in [0.25, 0.3) is 0 Å². The van der Waals surface area contributed by atoms with Crippen LogP contribution in [0.5, 0.6) is 5.75 Å². The van der Waals surface area contributed by atoms with Crippen LogP contribution in [0.3, 0.4) is 0 Å². The number of hydrogen-bond acceptors (Lipinski definition) is 3. The molecule has 3 heteroatoms. The van der Waals surface area contributed by atoms with Crippen molar-refractivity contribution in [2.45, 2.75) is 12.3 Å². The maximum Gasteiger partial charge on any atom is 0.319 e. The molecule has 1 unspecified atom stereocenters. The van der Waals surface area contributed by atoms with Gasteiger partial charge in [-0.1, -0.05) is 30.3 Å². The molecule has 0 aliphatic carbocycles. The van der Waals surface area contributed by atoms with Crippen molar-refractivity contribution < 1.29 is 9.53 Å². The number of para-hydroxylation sites is 1. The van der Waals surface area contributed by atoms with Crippen LogP contribution in [0.1, 0.15) is 17.0 Å². The lowest BCUT2D eigenvalue weighted by molar-refractivity contribution is -0.137. The molecule has 1 aliphatic heterocycles. The third kappa shape index (κ3) is 2.19. The quantitative estimate of drug-likeness (QED) is 0.660. The van der Waals surface area contributed by atoms with Crippen LogP contribution in [-0.2, 0) is 11.2 Å². The van der Waals surface area contributed by atoms with E-state index in [-0.39, 0.29) is 11.9 Å². The lowest BCUT2D eigenvalue weighted by Gasteiger charge is -2.23. The Balaban J connectivity index is 1.91. The summed E-state index contributed by atoms with van der Waals surface area (Å²) in [7, 11) is 1.88. The van der Waals surface area contributed by atoms with Gasteiger partial charge in [0.15, 0.2) is 0 Å². The summed E-state index contributed by atoms with van der Waals surface area (Å²) in [5, 5.41) is 3.07. The molecule has 0 saturated carbocycles. The Morgan fingerprint density at radius 1 is 1.11 bits per heavy atom. The van der Waals surface area contributed by atoms with E-state index in [2.05, 4.69) is 5.32 Å². The molecular weight excluding hydrogens is 238 g/mol. The highest BCUT2D eigenvalue weighted by Gasteiger charge is 2.29. The van der Waals surface area contributed by atoms with Crippen molar-refractivity contribution in [1.29, 1.82) is 0 Å². The average molecular weight is 253 g/mol. The second-order valence-corrected chi connectivity index (χ2v) is 4.66. The van der Waals surface area contributed by atoms with Crippen molar-refractivity contribution in [3.05, 3.63) is 59.7 Å². The van der Waals surface area contributed by atoms with Gasteiger partial charge in [0.1, 0.15) is 5.75 Å². The number of fused-ring (bicyclic) bond motifs is 1. The van der Waals surface area contributed by atoms with Crippen LogP contribution in [0, 0.1) is 0 Å². The molecule has 0 radical (unpaired) electrons. The van der Waals surface area contributed by atoms with Crippen molar-refractivity contribution in [1.82, 2.24) is 0 Å². The number of ether oxygens (including phenoxy) is 1. The molecule has 1 aliphatic rings. The van der Waals surface area contributed by atoms with Crippen molar-refractivity contribution in [2.24, 2.45) is 0 Å². The summed E-state index contributed by atoms with van der Waals surface area (Å²) in [4.78, 5) is 12.1. The second-order valence-electron chi connectivity index (χ2n) is 4.66. The smallest absolute Gasteiger partial charge is 0.319 e. The first-order valence-corrected chi connectivity index (χ1v) is 6.35. The Morgan fingerprint density at radius 2 is 1.84 bits per heavy atom. The zero-order chi connectivity index (χ0) is 13.2. The van der Waals surface area contributed by atoms with Crippen LogP contribution in [-0.4, -0.2) is 13.0 Å². The highest BCUT2D eigenvalue weighted by molar-refractivity contribution is 5.83. The first kappa shape index (κ1) is 11.8. The number of hydrogen-bond donors (Lipinski definition) is 1. The number of carbonyl (C=O) groups excluding carboxylic acids is 1. The Bertz CT molecular complexity index is 604. The maximum atomic E-state index is 12.1. The number of anilines is 1. The monoisotopic (exact) mass is 253 g/mol. The van der Waals surface area contributed by atoms with Gasteiger partial charge in [-0.3, -0.25) is 4.79 Å². The van der Waals surface area contributed by atoms with Crippen LogP contribution in [0.2, 0.25) is 0 Å². The highest BCUT2D eigenvalue weighted by Crippen LogP contribution is 2.33. The van der Waals surface area contributed by atoms with Gasteiger partial charge in [-0.05, 0) is 35.7 Å². The minimum Gasteiger partial charge on any atom is -0.426 e. The Morgan fingerprint density at radius 3 is 2.58 bits per heavy atom. The Labute approximate surface area is 112 Å². The van der Waals surface area contributed by atoms with Crippen LogP contribution in [0.15, 0.2) is 48.5 Å². The molecule has 0 amide bonds. The third-order valence-electron chi connectivity index (χ3n) is 3.49. The lowest BCUT2D eigenvalue weighted by Crippen LogP contribution is -2.25. The fourth-order valence-corrected chi connectivity index (χ4v) is 2.39. The van der Waals surface area contributed by atoms with E-state index in [9.17, 15) is 4.79 Å². The molecular formula is C16H15NO2. The van der Waals surface area contributed by atoms with E-state index in [1.807, 2.05) is 55.6 Å². The molecule has 2 aromatic carbocycles. The number of esters is 1. The maximum absolute atomic E-state index is 12.1. The first-order chi connectivity index (χ1) is 9.28. The number of nitrogens with one attached hydrogen (secondary N) is 1. The number of benzene rings is 2. The van der Waals surface area contributed by atoms with E-state index in [1.54, 1.807) is 0 Å². The highest BCUT2D eigenvalue weighted by atomic mass is 16.5. The van der Waals surface area contributed by atoms with E-state index in [1.165, 1.54) is 0 Å². The van der Waals surface area contributed by atoms with E-state index >= 15 is 0 Å². The summed E-state index contributed by atoms with van der Waals surface area (Å²) in [5.74, 6) is 0.312. The lowest BCUT2D eigenvalue weighted by atomic mass is 9.90. The van der Waals surface area contributed by atoms with E-state index in [4.69, 9.17) is 4.74 Å². The second kappa shape index (κ2) is 4.76. The van der Waals surface area contributed by atoms with Gasteiger partial charge in [0.2, 0.25) is 0 Å². The molecule has 0 fully saturated rings. The molecule has 0 aromatic heterocycles. The van der Waals surface area contributed by atoms with Gasteiger partial charge in [-0.25, -0.2) is 0 Å². The molecule has 19 heavy (non-hydrogen) atoms. The van der Waals surface area contributed by atoms with Gasteiger partial charge < -0.3 is 10.1 Å². The minimum atomic E-state index is -0.208. The van der Waals surface area contributed by atoms with Gasteiger partial charge >= 0.3 is 5.97 Å². The molecule has 96 valence electrons. The summed E-state index contributed by atoms with van der Waals surface area (Å²) < 4.78 is 5.40. The van der Waals surface area contributed by atoms with Crippen molar-refractivity contribution in [3.8, 4) is 5.75 Å². The summed E-state index contributed by atoms with van der Waals surface area (Å²) >= 11 is 0. The number of carbonyl (C=O) groups is 1. The first-order valence-electron chi connectivity index (χ1n) is 6.35. The van der Waals surface area contributed by atoms with Crippen molar-refractivity contribution in [3.63, 3.8) is 0 Å². The van der Waals surface area contributed by atoms with Gasteiger partial charge in [-0.15, -0.1) is 0 Å². The molecule has 0 spiro atoms. The molecule has 1 atom stereocenters. The van der Waals surface area contributed by atoms with Gasteiger partial charge in [-0.2, -0.15) is 0 Å². The molecule has 0 bridgehead atoms. The molecule has 0 saturated heterocycles. The van der Waals surface area contributed by atoms with Crippen molar-refractivity contribution in [2.75, 3.05) is 12.4 Å². The molecule has 3 rings (SSSR count). The van der Waals surface area contributed by atoms with Gasteiger partial charge in [0.05, 0.1) is 5.92 Å². The van der Waals surface area contributed by atoms with E-state index < -0.39 is 0 Å². The van der Waals surface area contributed by atoms with Crippen molar-refractivity contribution >= 4 is 11.7 Å². The van der Waals surface area contributed by atoms with Crippen LogP contribution < -0.4 is 10.1 Å². The molecule has 3 nitrogen and oxygen atoms in total. The van der Waals surface area contributed by atoms with Crippen LogP contribution in [0.4, 0.5) is 5.69 Å². The Kier molecular flexibility index (Phi) is 2.95. The fourth-order valence-electron chi connectivity index (χ4n) is 2.39. The SMILES string of the molecule is CNc1ccc(C2Cc3ccccc3OC2=O)cc1. The van der Waals surface area contributed by atoms with Gasteiger partial charge in [0, 0.05) is 12.7 Å². The average Bonchev–Trinajstić information content (AvgIpc) is 2.47. The Hall–Kier alpha value is -2.29. The summed E-state index contributed by atoms with van der Waals surface area (Å²) in [6, 6.07) is 15.6. The summed E-state index contributed by atoms with van der Waals surface area (Å²) in [6.45, 7) is 0. The predicted octanol–water partition coefficient (Wildman–Crippen LogP) is 2.97. The fraction of sp³-hybridized carbons (Fsp3) is 0.188. The van der Waals surface area contributed by atoms with Crippen LogP contribution >= 0.6 is 0 Å². The third-order valence-corrected chi connectivity index (χ3v) is 3.49. The van der Waals surface area contributed by atoms with E-state index in [0.29, 0.717) is 12.2 Å². The summed E-state index contributed by atoms with van der Waals surface area (Å²) in [6.07, 6.45) is 0.702. The zero-order valence-electron chi connectivity index (χ0n) is 10.7. The topological polar surface area (TPSA) is 38.3 Å². The number of rotatable bonds is 2. The molecule has 1 heterocycles. The molecule has 2 aromatic rings. The normalized spacial score (nSPS) is 17.5. The largest absolute Gasteiger partial charge is 0.426 e. The minimum absolute atomic E-state index is 0.170. The predicted molar refractivity (Wildman–Crippen MR) is 74.5 cm³/mol. The standard InChI is InChI=1S/C16H15NO2/c1-17-13-8-6-11(7-9-13)14-10-12-4-2-3-5-15(12)19-16(14)18/h2-9,14,17H,10H2,1H3. The van der Waals surface area contributed by atoms with E-state index in [0.717, 1.165) is 16.8 Å². The zero-order valence-corrected chi connectivity index (χ0v) is 10.7.